The number of hydrogen-bond acceptors (Lipinski definition) is 4. The van der Waals surface area contributed by atoms with Crippen LogP contribution in [0.15, 0.2) is 53.7 Å². The Morgan fingerprint density at radius 2 is 1.45 bits per heavy atom. The molecular weight excluding hydrogens is 362 g/mol. The fourth-order valence-corrected chi connectivity index (χ4v) is 3.44. The maximum absolute atomic E-state index is 10.4. The molecule has 0 saturated heterocycles. The minimum absolute atomic E-state index is 0.0437. The van der Waals surface area contributed by atoms with Crippen molar-refractivity contribution in [2.45, 2.75) is 71.1 Å². The van der Waals surface area contributed by atoms with Crippen molar-refractivity contribution < 1.29 is 15.1 Å². The lowest BCUT2D eigenvalue weighted by molar-refractivity contribution is 0.302. The lowest BCUT2D eigenvalue weighted by Gasteiger charge is -2.10. The molecule has 4 nitrogen and oxygen atoms in total. The fourth-order valence-electron chi connectivity index (χ4n) is 3.44. The maximum Gasteiger partial charge on any atom is 0.128 e. The second-order valence-corrected chi connectivity index (χ2v) is 7.52. The minimum atomic E-state index is 0.0437. The molecule has 0 saturated carbocycles. The first-order valence-electron chi connectivity index (χ1n) is 11.0. The van der Waals surface area contributed by atoms with Gasteiger partial charge in [0.25, 0.3) is 0 Å². The molecule has 29 heavy (non-hydrogen) atoms. The van der Waals surface area contributed by atoms with Crippen molar-refractivity contribution in [1.82, 2.24) is 0 Å². The highest BCUT2D eigenvalue weighted by atomic mass is 16.5. The average molecular weight is 398 g/mol. The van der Waals surface area contributed by atoms with Crippen LogP contribution in [0.4, 0.5) is 0 Å². The quantitative estimate of drug-likeness (QED) is 0.157. The molecule has 0 aliphatic heterocycles. The number of unbranched alkanes of at least 4 members (excludes halogenated alkanes) is 9. The molecule has 2 aromatic rings. The summed E-state index contributed by atoms with van der Waals surface area (Å²) in [5.41, 5.74) is 1.55. The van der Waals surface area contributed by atoms with E-state index in [0.29, 0.717) is 23.6 Å². The van der Waals surface area contributed by atoms with Crippen LogP contribution in [0.25, 0.3) is 0 Å². The summed E-state index contributed by atoms with van der Waals surface area (Å²) in [6.07, 6.45) is 12.9. The van der Waals surface area contributed by atoms with Crippen molar-refractivity contribution in [2.75, 3.05) is 6.61 Å². The highest BCUT2D eigenvalue weighted by Gasteiger charge is 2.13. The van der Waals surface area contributed by atoms with Crippen molar-refractivity contribution in [3.8, 4) is 11.5 Å². The van der Waals surface area contributed by atoms with E-state index >= 15 is 0 Å². The number of nitrogens with zero attached hydrogens (tertiary/aromatic N) is 1. The molecule has 0 fully saturated rings. The molecule has 2 aromatic carbocycles. The summed E-state index contributed by atoms with van der Waals surface area (Å²) in [6.45, 7) is 2.90. The molecule has 0 aromatic heterocycles. The number of hydrogen-bond donors (Lipinski definition) is 2. The van der Waals surface area contributed by atoms with Crippen LogP contribution in [0.2, 0.25) is 0 Å². The van der Waals surface area contributed by atoms with Crippen molar-refractivity contribution in [1.29, 1.82) is 0 Å². The predicted molar refractivity (Wildman–Crippen MR) is 119 cm³/mol. The maximum atomic E-state index is 10.4. The highest BCUT2D eigenvalue weighted by Crippen LogP contribution is 2.26. The minimum Gasteiger partial charge on any atom is -0.507 e. The van der Waals surface area contributed by atoms with Gasteiger partial charge in [0.1, 0.15) is 17.2 Å². The number of rotatable bonds is 14. The van der Waals surface area contributed by atoms with E-state index in [1.807, 2.05) is 30.3 Å². The van der Waals surface area contributed by atoms with Gasteiger partial charge in [-0.15, -0.1) is 0 Å². The number of oxime groups is 1. The molecule has 0 atom stereocenters. The standard InChI is InChI=1S/C25H35NO3/c1-2-3-4-5-6-7-8-9-10-14-19-29-22-17-18-23(24(27)20-22)25(26-28)21-15-12-11-13-16-21/h11-13,15-18,20,27-28H,2-10,14,19H2,1H3/b26-25-. The zero-order valence-electron chi connectivity index (χ0n) is 17.6. The van der Waals surface area contributed by atoms with Gasteiger partial charge in [0, 0.05) is 17.2 Å². The number of aromatic hydroxyl groups is 1. The van der Waals surface area contributed by atoms with Crippen LogP contribution < -0.4 is 4.74 Å². The van der Waals surface area contributed by atoms with Crippen LogP contribution >= 0.6 is 0 Å². The Morgan fingerprint density at radius 1 is 0.828 bits per heavy atom. The zero-order chi connectivity index (χ0) is 20.7. The second-order valence-electron chi connectivity index (χ2n) is 7.52. The van der Waals surface area contributed by atoms with Gasteiger partial charge >= 0.3 is 0 Å². The van der Waals surface area contributed by atoms with E-state index in [9.17, 15) is 10.3 Å². The van der Waals surface area contributed by atoms with Gasteiger partial charge in [0.2, 0.25) is 0 Å². The van der Waals surface area contributed by atoms with E-state index in [4.69, 9.17) is 4.74 Å². The molecule has 0 spiro atoms. The molecule has 0 amide bonds. The molecule has 0 radical (unpaired) electrons. The lowest BCUT2D eigenvalue weighted by Crippen LogP contribution is -2.04. The molecule has 4 heteroatoms. The molecule has 0 bridgehead atoms. The Balaban J connectivity index is 1.69. The summed E-state index contributed by atoms with van der Waals surface area (Å²) in [6, 6.07) is 14.4. The van der Waals surface area contributed by atoms with Crippen LogP contribution in [-0.2, 0) is 0 Å². The van der Waals surface area contributed by atoms with Gasteiger partial charge in [-0.3, -0.25) is 0 Å². The summed E-state index contributed by atoms with van der Waals surface area (Å²) >= 11 is 0. The Bertz CT molecular complexity index is 728. The third-order valence-corrected chi connectivity index (χ3v) is 5.14. The molecule has 2 rings (SSSR count). The Hall–Kier alpha value is -2.49. The van der Waals surface area contributed by atoms with Gasteiger partial charge in [-0.1, -0.05) is 100 Å². The van der Waals surface area contributed by atoms with Crippen molar-refractivity contribution in [3.63, 3.8) is 0 Å². The van der Waals surface area contributed by atoms with Gasteiger partial charge in [0.15, 0.2) is 0 Å². The van der Waals surface area contributed by atoms with Crippen molar-refractivity contribution in [3.05, 3.63) is 59.7 Å². The van der Waals surface area contributed by atoms with Crippen LogP contribution in [0, 0.1) is 0 Å². The Morgan fingerprint density at radius 3 is 2.03 bits per heavy atom. The fraction of sp³-hybridized carbons (Fsp3) is 0.480. The van der Waals surface area contributed by atoms with Crippen molar-refractivity contribution >= 4 is 5.71 Å². The number of phenolic OH excluding ortho intramolecular Hbond substituents is 1. The number of benzene rings is 2. The normalized spacial score (nSPS) is 11.6. The monoisotopic (exact) mass is 397 g/mol. The molecule has 0 heterocycles. The van der Waals surface area contributed by atoms with Gasteiger partial charge < -0.3 is 15.1 Å². The van der Waals surface area contributed by atoms with Crippen molar-refractivity contribution in [2.24, 2.45) is 5.16 Å². The zero-order valence-corrected chi connectivity index (χ0v) is 17.6. The summed E-state index contributed by atoms with van der Waals surface area (Å²) < 4.78 is 5.77. The largest absolute Gasteiger partial charge is 0.507 e. The molecule has 0 aliphatic rings. The summed E-state index contributed by atoms with van der Waals surface area (Å²) in [5.74, 6) is 0.676. The summed E-state index contributed by atoms with van der Waals surface area (Å²) in [5, 5.41) is 23.1. The molecule has 0 unspecified atom stereocenters. The van der Waals surface area contributed by atoms with Crippen LogP contribution in [0.5, 0.6) is 11.5 Å². The second kappa shape index (κ2) is 13.6. The SMILES string of the molecule is CCCCCCCCCCCCOc1ccc(/C(=N\O)c2ccccc2)c(O)c1. The van der Waals surface area contributed by atoms with E-state index in [2.05, 4.69) is 12.1 Å². The van der Waals surface area contributed by atoms with E-state index in [1.54, 1.807) is 18.2 Å². The highest BCUT2D eigenvalue weighted by molar-refractivity contribution is 6.14. The lowest BCUT2D eigenvalue weighted by atomic mass is 10.0. The third-order valence-electron chi connectivity index (χ3n) is 5.14. The molecule has 158 valence electrons. The first-order chi connectivity index (χ1) is 14.3. The number of phenols is 1. The average Bonchev–Trinajstić information content (AvgIpc) is 2.75. The first kappa shape index (κ1) is 22.8. The number of ether oxygens (including phenoxy) is 1. The summed E-state index contributed by atoms with van der Waals surface area (Å²) in [7, 11) is 0. The van der Waals surface area contributed by atoms with Gasteiger partial charge in [-0.2, -0.15) is 0 Å². The van der Waals surface area contributed by atoms with E-state index in [-0.39, 0.29) is 5.75 Å². The van der Waals surface area contributed by atoms with Crippen LogP contribution in [0.1, 0.15) is 82.3 Å². The smallest absolute Gasteiger partial charge is 0.128 e. The first-order valence-corrected chi connectivity index (χ1v) is 11.0. The van der Waals surface area contributed by atoms with E-state index < -0.39 is 0 Å². The Kier molecular flexibility index (Phi) is 10.7. The van der Waals surface area contributed by atoms with Crippen LogP contribution in [-0.4, -0.2) is 22.6 Å². The van der Waals surface area contributed by atoms with Gasteiger partial charge in [0.05, 0.1) is 6.61 Å². The van der Waals surface area contributed by atoms with Gasteiger partial charge in [-0.25, -0.2) is 0 Å². The Labute approximate surface area is 175 Å². The molecule has 2 N–H and O–H groups in total. The molecule has 0 aliphatic carbocycles. The van der Waals surface area contributed by atoms with E-state index in [0.717, 1.165) is 12.0 Å². The van der Waals surface area contributed by atoms with E-state index in [1.165, 1.54) is 57.8 Å². The molecular formula is C25H35NO3. The predicted octanol–water partition coefficient (Wildman–Crippen LogP) is 6.92. The van der Waals surface area contributed by atoms with Gasteiger partial charge in [-0.05, 0) is 18.6 Å². The summed E-state index contributed by atoms with van der Waals surface area (Å²) in [4.78, 5) is 0. The van der Waals surface area contributed by atoms with Crippen LogP contribution in [0.3, 0.4) is 0 Å². The third kappa shape index (κ3) is 8.18. The topological polar surface area (TPSA) is 62.0 Å².